The van der Waals surface area contributed by atoms with E-state index in [1.165, 1.54) is 6.07 Å². The lowest BCUT2D eigenvalue weighted by Crippen LogP contribution is -2.34. The number of ether oxygens (including phenoxy) is 1. The summed E-state index contributed by atoms with van der Waals surface area (Å²) in [4.78, 5) is 25.7. The van der Waals surface area contributed by atoms with Gasteiger partial charge in [0.15, 0.2) is 11.4 Å². The van der Waals surface area contributed by atoms with Crippen molar-refractivity contribution in [3.05, 3.63) is 69.6 Å². The molecule has 1 aliphatic rings. The van der Waals surface area contributed by atoms with Crippen LogP contribution in [0.1, 0.15) is 43.6 Å². The van der Waals surface area contributed by atoms with E-state index < -0.39 is 11.5 Å². The molecule has 0 saturated heterocycles. The van der Waals surface area contributed by atoms with Gasteiger partial charge in [0.1, 0.15) is 23.2 Å². The minimum Gasteiger partial charge on any atom is -0.507 e. The number of allylic oxidation sites excluding steroid dienone is 2. The van der Waals surface area contributed by atoms with Crippen LogP contribution in [-0.2, 0) is 6.42 Å². The van der Waals surface area contributed by atoms with Crippen LogP contribution in [0.25, 0.3) is 22.1 Å². The van der Waals surface area contributed by atoms with Gasteiger partial charge in [0.25, 0.3) is 0 Å². The van der Waals surface area contributed by atoms with Gasteiger partial charge in [-0.1, -0.05) is 48.9 Å². The predicted molar refractivity (Wildman–Crippen MR) is 116 cm³/mol. The number of hydrogen-bond acceptors (Lipinski definition) is 5. The standard InChI is InChI=1S/C25H24O5/c1-13(2)10-11-17-23(28)20-18(16-8-6-5-7-9-16)12-19(26)30-25(20)21-22(27)14(3)15(4)29-24(17)21/h5-10,12,14-15,28H,11H2,1-4H3/t14-,15+/m1/s1. The number of ketones is 1. The van der Waals surface area contributed by atoms with Crippen LogP contribution in [0.15, 0.2) is 57.3 Å². The van der Waals surface area contributed by atoms with Gasteiger partial charge in [0.05, 0.1) is 11.3 Å². The molecule has 1 aliphatic heterocycles. The summed E-state index contributed by atoms with van der Waals surface area (Å²) in [5.74, 6) is -0.271. The average Bonchev–Trinajstić information content (AvgIpc) is 2.71. The summed E-state index contributed by atoms with van der Waals surface area (Å²) >= 11 is 0. The highest BCUT2D eigenvalue weighted by molar-refractivity contribution is 6.15. The Morgan fingerprint density at radius 1 is 1.13 bits per heavy atom. The molecule has 0 spiro atoms. The fraction of sp³-hybridized carbons (Fsp3) is 0.280. The molecule has 0 bridgehead atoms. The zero-order valence-corrected chi connectivity index (χ0v) is 17.5. The van der Waals surface area contributed by atoms with Crippen molar-refractivity contribution in [2.75, 3.05) is 0 Å². The molecule has 0 saturated carbocycles. The minimum atomic E-state index is -0.584. The number of carbonyl (C=O) groups excluding carboxylic acids is 1. The summed E-state index contributed by atoms with van der Waals surface area (Å²) < 4.78 is 11.6. The second-order valence-corrected chi connectivity index (χ2v) is 8.04. The van der Waals surface area contributed by atoms with Crippen molar-refractivity contribution in [3.8, 4) is 22.6 Å². The van der Waals surface area contributed by atoms with Crippen LogP contribution < -0.4 is 10.4 Å². The van der Waals surface area contributed by atoms with Crippen molar-refractivity contribution >= 4 is 16.8 Å². The summed E-state index contributed by atoms with van der Waals surface area (Å²) in [7, 11) is 0. The average molecular weight is 404 g/mol. The summed E-state index contributed by atoms with van der Waals surface area (Å²) in [5, 5.41) is 11.7. The number of Topliss-reactive ketones (excluding diaryl/α,β-unsaturated/α-hetero) is 1. The summed E-state index contributed by atoms with van der Waals surface area (Å²) in [6, 6.07) is 10.6. The fourth-order valence-corrected chi connectivity index (χ4v) is 3.84. The third-order valence-corrected chi connectivity index (χ3v) is 5.68. The van der Waals surface area contributed by atoms with Gasteiger partial charge in [-0.05, 0) is 32.8 Å². The lowest BCUT2D eigenvalue weighted by Gasteiger charge is -2.30. The highest BCUT2D eigenvalue weighted by atomic mass is 16.5. The highest BCUT2D eigenvalue weighted by Gasteiger charge is 2.37. The molecule has 3 aromatic rings. The van der Waals surface area contributed by atoms with E-state index in [2.05, 4.69) is 0 Å². The molecule has 0 unspecified atom stereocenters. The molecule has 0 amide bonds. The molecule has 5 nitrogen and oxygen atoms in total. The largest absolute Gasteiger partial charge is 0.507 e. The van der Waals surface area contributed by atoms with Gasteiger partial charge in [-0.3, -0.25) is 4.79 Å². The maximum absolute atomic E-state index is 13.3. The number of hydrogen-bond donors (Lipinski definition) is 1. The van der Waals surface area contributed by atoms with E-state index in [1.807, 2.05) is 57.2 Å². The summed E-state index contributed by atoms with van der Waals surface area (Å²) in [5.41, 5.74) is 2.62. The molecule has 4 rings (SSSR count). The van der Waals surface area contributed by atoms with Crippen LogP contribution in [0.5, 0.6) is 11.5 Å². The van der Waals surface area contributed by atoms with Crippen molar-refractivity contribution in [3.63, 3.8) is 0 Å². The molecule has 5 heteroatoms. The smallest absolute Gasteiger partial charge is 0.336 e. The maximum Gasteiger partial charge on any atom is 0.336 e. The summed E-state index contributed by atoms with van der Waals surface area (Å²) in [6.45, 7) is 7.56. The Morgan fingerprint density at radius 2 is 1.83 bits per heavy atom. The van der Waals surface area contributed by atoms with Gasteiger partial charge in [0, 0.05) is 17.2 Å². The van der Waals surface area contributed by atoms with Gasteiger partial charge in [0.2, 0.25) is 0 Å². The Balaban J connectivity index is 2.17. The number of phenols is 1. The Hall–Kier alpha value is -3.34. The zero-order chi connectivity index (χ0) is 21.6. The van der Waals surface area contributed by atoms with Gasteiger partial charge in [-0.15, -0.1) is 0 Å². The van der Waals surface area contributed by atoms with E-state index in [-0.39, 0.29) is 28.8 Å². The minimum absolute atomic E-state index is 0.0293. The number of fused-ring (bicyclic) bond motifs is 3. The fourth-order valence-electron chi connectivity index (χ4n) is 3.84. The molecule has 0 radical (unpaired) electrons. The van der Waals surface area contributed by atoms with E-state index in [0.29, 0.717) is 28.7 Å². The molecular formula is C25H24O5. The van der Waals surface area contributed by atoms with Crippen LogP contribution in [0.3, 0.4) is 0 Å². The number of benzene rings is 2. The molecule has 0 aliphatic carbocycles. The van der Waals surface area contributed by atoms with Crippen LogP contribution in [0, 0.1) is 5.92 Å². The van der Waals surface area contributed by atoms with Gasteiger partial charge < -0.3 is 14.3 Å². The van der Waals surface area contributed by atoms with E-state index >= 15 is 0 Å². The Bertz CT molecular complexity index is 1230. The molecule has 2 aromatic carbocycles. The van der Waals surface area contributed by atoms with E-state index in [0.717, 1.165) is 11.1 Å². The quantitative estimate of drug-likeness (QED) is 0.475. The molecule has 2 atom stereocenters. The third-order valence-electron chi connectivity index (χ3n) is 5.68. The number of phenolic OH excluding ortho intramolecular Hbond substituents is 1. The first-order chi connectivity index (χ1) is 14.3. The monoisotopic (exact) mass is 404 g/mol. The van der Waals surface area contributed by atoms with Crippen molar-refractivity contribution < 1.29 is 19.1 Å². The van der Waals surface area contributed by atoms with E-state index in [4.69, 9.17) is 9.15 Å². The van der Waals surface area contributed by atoms with Crippen LogP contribution in [0.2, 0.25) is 0 Å². The van der Waals surface area contributed by atoms with E-state index in [9.17, 15) is 14.7 Å². The SMILES string of the molecule is CC(C)=CCc1c2c(c3oc(=O)cc(-c4ccccc4)c3c1O)C(=O)[C@H](C)[C@H](C)O2. The topological polar surface area (TPSA) is 76.7 Å². The van der Waals surface area contributed by atoms with Crippen LogP contribution >= 0.6 is 0 Å². The first-order valence-electron chi connectivity index (χ1n) is 10.0. The lowest BCUT2D eigenvalue weighted by molar-refractivity contribution is 0.0728. The van der Waals surface area contributed by atoms with Crippen LogP contribution in [-0.4, -0.2) is 17.0 Å². The summed E-state index contributed by atoms with van der Waals surface area (Å²) in [6.07, 6.45) is 2.02. The van der Waals surface area contributed by atoms with Crippen molar-refractivity contribution in [1.82, 2.24) is 0 Å². The molecule has 154 valence electrons. The molecule has 30 heavy (non-hydrogen) atoms. The molecular weight excluding hydrogens is 380 g/mol. The van der Waals surface area contributed by atoms with Gasteiger partial charge in [-0.25, -0.2) is 4.79 Å². The van der Waals surface area contributed by atoms with Crippen molar-refractivity contribution in [1.29, 1.82) is 0 Å². The van der Waals surface area contributed by atoms with Gasteiger partial charge >= 0.3 is 5.63 Å². The Morgan fingerprint density at radius 3 is 2.50 bits per heavy atom. The Labute approximate surface area is 174 Å². The first-order valence-corrected chi connectivity index (χ1v) is 10.0. The molecule has 1 N–H and O–H groups in total. The molecule has 1 aromatic heterocycles. The second-order valence-electron chi connectivity index (χ2n) is 8.04. The Kier molecular flexibility index (Phi) is 4.98. The van der Waals surface area contributed by atoms with E-state index in [1.54, 1.807) is 6.92 Å². The molecule has 2 heterocycles. The molecule has 0 fully saturated rings. The third kappa shape index (κ3) is 3.20. The maximum atomic E-state index is 13.3. The number of rotatable bonds is 3. The van der Waals surface area contributed by atoms with Crippen molar-refractivity contribution in [2.45, 2.75) is 40.2 Å². The predicted octanol–water partition coefficient (Wildman–Crippen LogP) is 5.27. The first kappa shape index (κ1) is 20.0. The number of aromatic hydroxyl groups is 1. The van der Waals surface area contributed by atoms with Gasteiger partial charge in [-0.2, -0.15) is 0 Å². The van der Waals surface area contributed by atoms with Crippen LogP contribution in [0.4, 0.5) is 0 Å². The second kappa shape index (κ2) is 7.48. The highest BCUT2D eigenvalue weighted by Crippen LogP contribution is 2.47. The number of carbonyl (C=O) groups is 1. The van der Waals surface area contributed by atoms with Crippen molar-refractivity contribution in [2.24, 2.45) is 5.92 Å². The zero-order valence-electron chi connectivity index (χ0n) is 17.5. The normalized spacial score (nSPS) is 18.1. The lowest BCUT2D eigenvalue weighted by atomic mass is 9.86.